The van der Waals surface area contributed by atoms with Crippen molar-refractivity contribution in [3.05, 3.63) is 65.7 Å². The van der Waals surface area contributed by atoms with Crippen molar-refractivity contribution in [3.8, 4) is 6.07 Å². The number of benzene rings is 2. The zero-order valence-electron chi connectivity index (χ0n) is 12.8. The summed E-state index contributed by atoms with van der Waals surface area (Å²) >= 11 is 1.39. The molecule has 4 nitrogen and oxygen atoms in total. The summed E-state index contributed by atoms with van der Waals surface area (Å²) in [6.45, 7) is 1.83. The smallest absolute Gasteiger partial charge is 0.230 e. The van der Waals surface area contributed by atoms with Gasteiger partial charge >= 0.3 is 0 Å². The van der Waals surface area contributed by atoms with Crippen LogP contribution in [0.4, 0.5) is 0 Å². The molecule has 0 aromatic heterocycles. The van der Waals surface area contributed by atoms with Gasteiger partial charge in [-0.15, -0.1) is 11.8 Å². The number of hydrogen-bond donors (Lipinski definition) is 2. The maximum Gasteiger partial charge on any atom is 0.230 e. The Bertz CT molecular complexity index is 691. The third-order valence-corrected chi connectivity index (χ3v) is 4.39. The summed E-state index contributed by atoms with van der Waals surface area (Å²) in [6, 6.07) is 18.4. The highest BCUT2D eigenvalue weighted by molar-refractivity contribution is 8.00. The fourth-order valence-electron chi connectivity index (χ4n) is 2.00. The summed E-state index contributed by atoms with van der Waals surface area (Å²) in [6.07, 6.45) is 0. The number of nitrogens with zero attached hydrogens (tertiary/aromatic N) is 1. The molecule has 5 heteroatoms. The van der Waals surface area contributed by atoms with E-state index >= 15 is 0 Å². The highest BCUT2D eigenvalue weighted by atomic mass is 32.2. The topological polar surface area (TPSA) is 73.1 Å². The highest BCUT2D eigenvalue weighted by Gasteiger charge is 2.23. The lowest BCUT2D eigenvalue weighted by atomic mass is 9.96. The van der Waals surface area contributed by atoms with Crippen LogP contribution < -0.4 is 5.32 Å². The molecular weight excluding hydrogens is 308 g/mol. The van der Waals surface area contributed by atoms with Gasteiger partial charge in [0.2, 0.25) is 5.91 Å². The summed E-state index contributed by atoms with van der Waals surface area (Å²) in [7, 11) is 0. The van der Waals surface area contributed by atoms with Gasteiger partial charge in [-0.1, -0.05) is 30.3 Å². The Morgan fingerprint density at radius 3 is 2.48 bits per heavy atom. The quantitative estimate of drug-likeness (QED) is 0.801. The van der Waals surface area contributed by atoms with E-state index in [0.29, 0.717) is 5.56 Å². The first-order chi connectivity index (χ1) is 11.0. The maximum absolute atomic E-state index is 11.9. The Morgan fingerprint density at radius 1 is 1.22 bits per heavy atom. The first-order valence-electron chi connectivity index (χ1n) is 7.19. The summed E-state index contributed by atoms with van der Waals surface area (Å²) in [4.78, 5) is 12.8. The number of thioether (sulfide) groups is 1. The van der Waals surface area contributed by atoms with Crippen LogP contribution in [0.1, 0.15) is 18.1 Å². The molecular formula is C18H18N2O2S. The molecule has 0 saturated heterocycles. The van der Waals surface area contributed by atoms with Crippen LogP contribution in [-0.2, 0) is 10.4 Å². The minimum Gasteiger partial charge on any atom is -0.384 e. The minimum atomic E-state index is -1.10. The summed E-state index contributed by atoms with van der Waals surface area (Å²) in [5.74, 6) is 0.118. The molecule has 0 aliphatic rings. The van der Waals surface area contributed by atoms with Crippen LogP contribution >= 0.6 is 11.8 Å². The summed E-state index contributed by atoms with van der Waals surface area (Å²) < 4.78 is 0. The van der Waals surface area contributed by atoms with Gasteiger partial charge in [-0.05, 0) is 36.8 Å². The molecule has 0 bridgehead atoms. The Balaban J connectivity index is 1.82. The molecule has 0 spiro atoms. The molecule has 0 heterocycles. The Hall–Kier alpha value is -2.29. The van der Waals surface area contributed by atoms with Gasteiger partial charge in [-0.2, -0.15) is 5.26 Å². The van der Waals surface area contributed by atoms with Crippen LogP contribution in [0.5, 0.6) is 0 Å². The maximum atomic E-state index is 11.9. The molecule has 1 amide bonds. The van der Waals surface area contributed by atoms with Gasteiger partial charge in [0.15, 0.2) is 0 Å². The Kier molecular flexibility index (Phi) is 5.80. The second kappa shape index (κ2) is 7.82. The number of rotatable bonds is 6. The predicted molar refractivity (Wildman–Crippen MR) is 90.9 cm³/mol. The lowest BCUT2D eigenvalue weighted by Crippen LogP contribution is -2.39. The van der Waals surface area contributed by atoms with Crippen molar-refractivity contribution < 1.29 is 9.90 Å². The fraction of sp³-hybridized carbons (Fsp3) is 0.222. The van der Waals surface area contributed by atoms with Crippen molar-refractivity contribution >= 4 is 17.7 Å². The molecule has 23 heavy (non-hydrogen) atoms. The third-order valence-electron chi connectivity index (χ3n) is 3.38. The second-order valence-electron chi connectivity index (χ2n) is 5.34. The van der Waals surface area contributed by atoms with Crippen LogP contribution in [0.15, 0.2) is 59.5 Å². The van der Waals surface area contributed by atoms with Crippen LogP contribution in [-0.4, -0.2) is 23.3 Å². The van der Waals surface area contributed by atoms with Crippen molar-refractivity contribution in [2.24, 2.45) is 0 Å². The molecule has 2 N–H and O–H groups in total. The van der Waals surface area contributed by atoms with Crippen LogP contribution in [0.2, 0.25) is 0 Å². The summed E-state index contributed by atoms with van der Waals surface area (Å²) in [5, 5.41) is 21.9. The molecule has 1 atom stereocenters. The molecule has 1 unspecified atom stereocenters. The standard InChI is InChI=1S/C18H18N2O2S/c1-18(22,15-5-3-2-4-6-15)13-20-17(21)12-23-16-9-7-14(11-19)8-10-16/h2-10,22H,12-13H2,1H3,(H,20,21). The largest absolute Gasteiger partial charge is 0.384 e. The van der Waals surface area contributed by atoms with Crippen molar-refractivity contribution in [2.45, 2.75) is 17.4 Å². The van der Waals surface area contributed by atoms with Crippen LogP contribution in [0.25, 0.3) is 0 Å². The van der Waals surface area contributed by atoms with E-state index in [4.69, 9.17) is 5.26 Å². The number of amides is 1. The van der Waals surface area contributed by atoms with E-state index in [2.05, 4.69) is 11.4 Å². The SMILES string of the molecule is CC(O)(CNC(=O)CSc1ccc(C#N)cc1)c1ccccc1. The Labute approximate surface area is 140 Å². The lowest BCUT2D eigenvalue weighted by Gasteiger charge is -2.24. The summed E-state index contributed by atoms with van der Waals surface area (Å²) in [5.41, 5.74) is 0.258. The van der Waals surface area contributed by atoms with Crippen molar-refractivity contribution in [1.29, 1.82) is 5.26 Å². The van der Waals surface area contributed by atoms with E-state index in [9.17, 15) is 9.90 Å². The van der Waals surface area contributed by atoms with Crippen molar-refractivity contribution in [3.63, 3.8) is 0 Å². The van der Waals surface area contributed by atoms with Gasteiger partial charge < -0.3 is 10.4 Å². The van der Waals surface area contributed by atoms with E-state index in [-0.39, 0.29) is 18.2 Å². The van der Waals surface area contributed by atoms with E-state index in [1.54, 1.807) is 19.1 Å². The number of aliphatic hydroxyl groups is 1. The molecule has 0 saturated carbocycles. The fourth-order valence-corrected chi connectivity index (χ4v) is 2.72. The Morgan fingerprint density at radius 2 is 1.87 bits per heavy atom. The van der Waals surface area contributed by atoms with Gasteiger partial charge in [0.25, 0.3) is 0 Å². The van der Waals surface area contributed by atoms with Crippen LogP contribution in [0.3, 0.4) is 0 Å². The second-order valence-corrected chi connectivity index (χ2v) is 6.39. The lowest BCUT2D eigenvalue weighted by molar-refractivity contribution is -0.119. The van der Waals surface area contributed by atoms with Crippen LogP contribution in [0, 0.1) is 11.3 Å². The van der Waals surface area contributed by atoms with E-state index in [0.717, 1.165) is 10.5 Å². The van der Waals surface area contributed by atoms with Gasteiger partial charge in [0.05, 0.1) is 23.9 Å². The molecule has 2 aromatic rings. The van der Waals surface area contributed by atoms with Crippen molar-refractivity contribution in [2.75, 3.05) is 12.3 Å². The monoisotopic (exact) mass is 326 g/mol. The number of nitriles is 1. The third kappa shape index (κ3) is 5.13. The van der Waals surface area contributed by atoms with E-state index in [1.807, 2.05) is 42.5 Å². The minimum absolute atomic E-state index is 0.143. The average molecular weight is 326 g/mol. The van der Waals surface area contributed by atoms with Gasteiger partial charge in [0, 0.05) is 4.90 Å². The van der Waals surface area contributed by atoms with Gasteiger partial charge in [-0.25, -0.2) is 0 Å². The molecule has 2 aromatic carbocycles. The molecule has 0 aliphatic carbocycles. The van der Waals surface area contributed by atoms with Crippen molar-refractivity contribution in [1.82, 2.24) is 5.32 Å². The molecule has 0 aliphatic heterocycles. The number of hydrogen-bond acceptors (Lipinski definition) is 4. The first-order valence-corrected chi connectivity index (χ1v) is 8.17. The number of carbonyl (C=O) groups excluding carboxylic acids is 1. The predicted octanol–water partition coefficient (Wildman–Crippen LogP) is 2.67. The van der Waals surface area contributed by atoms with E-state index in [1.165, 1.54) is 11.8 Å². The van der Waals surface area contributed by atoms with Gasteiger partial charge in [0.1, 0.15) is 5.60 Å². The zero-order valence-corrected chi connectivity index (χ0v) is 13.6. The first kappa shape index (κ1) is 17.1. The highest BCUT2D eigenvalue weighted by Crippen LogP contribution is 2.20. The van der Waals surface area contributed by atoms with Gasteiger partial charge in [-0.3, -0.25) is 4.79 Å². The average Bonchev–Trinajstić information content (AvgIpc) is 2.59. The number of nitrogens with one attached hydrogen (secondary N) is 1. The molecule has 118 valence electrons. The number of carbonyl (C=O) groups is 1. The zero-order chi connectivity index (χ0) is 16.7. The normalized spacial score (nSPS) is 12.9. The van der Waals surface area contributed by atoms with E-state index < -0.39 is 5.60 Å². The molecule has 2 rings (SSSR count). The molecule has 0 radical (unpaired) electrons. The molecule has 0 fully saturated rings.